The van der Waals surface area contributed by atoms with E-state index in [0.29, 0.717) is 35.3 Å². The SMILES string of the molecule is O=C(O)n1c(=O)[nH]c2c3cc(Br)ccc3nc(C3CCOCC3)c21. The summed E-state index contributed by atoms with van der Waals surface area (Å²) in [5, 5.41) is 10.2. The number of halogens is 1. The minimum absolute atomic E-state index is 0.0649. The monoisotopic (exact) mass is 391 g/mol. The topological polar surface area (TPSA) is 97.2 Å². The second kappa shape index (κ2) is 5.71. The van der Waals surface area contributed by atoms with E-state index in [1.807, 2.05) is 18.2 Å². The molecule has 0 atom stereocenters. The molecular weight excluding hydrogens is 378 g/mol. The number of imidazole rings is 1. The van der Waals surface area contributed by atoms with Crippen LogP contribution < -0.4 is 5.69 Å². The van der Waals surface area contributed by atoms with Crippen LogP contribution in [0.3, 0.4) is 0 Å². The van der Waals surface area contributed by atoms with Crippen LogP contribution in [0.25, 0.3) is 21.9 Å². The van der Waals surface area contributed by atoms with Crippen LogP contribution >= 0.6 is 15.9 Å². The maximum Gasteiger partial charge on any atom is 0.420 e. The summed E-state index contributed by atoms with van der Waals surface area (Å²) in [5.41, 5.74) is 1.56. The van der Waals surface area contributed by atoms with Crippen LogP contribution in [0.1, 0.15) is 24.5 Å². The molecule has 24 heavy (non-hydrogen) atoms. The Kier molecular flexibility index (Phi) is 3.65. The van der Waals surface area contributed by atoms with Crippen LogP contribution in [0.4, 0.5) is 4.79 Å². The highest BCUT2D eigenvalue weighted by molar-refractivity contribution is 9.10. The molecule has 0 bridgehead atoms. The molecule has 0 unspecified atom stereocenters. The fraction of sp³-hybridized carbons (Fsp3) is 0.312. The lowest BCUT2D eigenvalue weighted by atomic mass is 9.94. The zero-order valence-corrected chi connectivity index (χ0v) is 14.2. The van der Waals surface area contributed by atoms with Crippen molar-refractivity contribution in [1.82, 2.24) is 14.5 Å². The van der Waals surface area contributed by atoms with Gasteiger partial charge in [-0.1, -0.05) is 15.9 Å². The fourth-order valence-corrected chi connectivity index (χ4v) is 3.66. The molecule has 0 aliphatic carbocycles. The highest BCUT2D eigenvalue weighted by Gasteiger charge is 2.26. The van der Waals surface area contributed by atoms with E-state index in [2.05, 4.69) is 20.9 Å². The number of aromatic amines is 1. The number of rotatable bonds is 1. The van der Waals surface area contributed by atoms with E-state index in [1.165, 1.54) is 0 Å². The van der Waals surface area contributed by atoms with Crippen LogP contribution in [-0.2, 0) is 4.74 Å². The summed E-state index contributed by atoms with van der Waals surface area (Å²) in [4.78, 5) is 31.2. The second-order valence-electron chi connectivity index (χ2n) is 5.82. The van der Waals surface area contributed by atoms with E-state index >= 15 is 0 Å². The molecule has 1 fully saturated rings. The van der Waals surface area contributed by atoms with Gasteiger partial charge in [0.15, 0.2) is 0 Å². The molecule has 0 saturated carbocycles. The zero-order valence-electron chi connectivity index (χ0n) is 12.6. The lowest BCUT2D eigenvalue weighted by molar-refractivity contribution is 0.0848. The lowest BCUT2D eigenvalue weighted by Gasteiger charge is -2.22. The van der Waals surface area contributed by atoms with Crippen molar-refractivity contribution in [3.05, 3.63) is 38.9 Å². The quantitative estimate of drug-likeness (QED) is 0.664. The van der Waals surface area contributed by atoms with Crippen molar-refractivity contribution in [1.29, 1.82) is 0 Å². The third kappa shape index (κ3) is 2.33. The number of hydrogen-bond acceptors (Lipinski definition) is 4. The smallest absolute Gasteiger partial charge is 0.420 e. The molecule has 2 N–H and O–H groups in total. The van der Waals surface area contributed by atoms with E-state index < -0.39 is 11.8 Å². The molecule has 0 spiro atoms. The molecule has 124 valence electrons. The number of carbonyl (C=O) groups is 1. The van der Waals surface area contributed by atoms with Crippen molar-refractivity contribution < 1.29 is 14.6 Å². The highest BCUT2D eigenvalue weighted by Crippen LogP contribution is 2.34. The van der Waals surface area contributed by atoms with Gasteiger partial charge in [0.05, 0.1) is 16.7 Å². The summed E-state index contributed by atoms with van der Waals surface area (Å²) < 4.78 is 6.98. The van der Waals surface area contributed by atoms with Gasteiger partial charge in [-0.05, 0) is 31.0 Å². The van der Waals surface area contributed by atoms with E-state index in [0.717, 1.165) is 27.4 Å². The van der Waals surface area contributed by atoms with E-state index in [1.54, 1.807) is 0 Å². The molecule has 1 aliphatic heterocycles. The Morgan fingerprint density at radius 1 is 1.38 bits per heavy atom. The molecule has 4 rings (SSSR count). The number of benzene rings is 1. The van der Waals surface area contributed by atoms with Crippen LogP contribution in [0.5, 0.6) is 0 Å². The average Bonchev–Trinajstić information content (AvgIpc) is 2.92. The highest BCUT2D eigenvalue weighted by atomic mass is 79.9. The van der Waals surface area contributed by atoms with Crippen molar-refractivity contribution in [2.24, 2.45) is 0 Å². The maximum atomic E-state index is 12.2. The number of pyridine rings is 1. The van der Waals surface area contributed by atoms with Crippen molar-refractivity contribution in [3.8, 4) is 0 Å². The van der Waals surface area contributed by atoms with Crippen LogP contribution in [0.15, 0.2) is 27.5 Å². The first-order chi connectivity index (χ1) is 11.6. The van der Waals surface area contributed by atoms with E-state index in [9.17, 15) is 14.7 Å². The van der Waals surface area contributed by atoms with Gasteiger partial charge in [0.2, 0.25) is 0 Å². The summed E-state index contributed by atoms with van der Waals surface area (Å²) in [6.45, 7) is 1.21. The maximum absolute atomic E-state index is 12.2. The number of aromatic nitrogens is 3. The van der Waals surface area contributed by atoms with Crippen LogP contribution in [-0.4, -0.2) is 38.9 Å². The summed E-state index contributed by atoms with van der Waals surface area (Å²) in [6.07, 6.45) is 0.197. The molecule has 3 aromatic rings. The molecule has 1 saturated heterocycles. The van der Waals surface area contributed by atoms with Gasteiger partial charge in [-0.15, -0.1) is 0 Å². The molecule has 8 heteroatoms. The van der Waals surface area contributed by atoms with Crippen molar-refractivity contribution >= 4 is 44.0 Å². The van der Waals surface area contributed by atoms with E-state index in [-0.39, 0.29) is 5.92 Å². The average molecular weight is 392 g/mol. The van der Waals surface area contributed by atoms with Crippen molar-refractivity contribution in [2.75, 3.05) is 13.2 Å². The van der Waals surface area contributed by atoms with Crippen LogP contribution in [0.2, 0.25) is 0 Å². The largest absolute Gasteiger partial charge is 0.464 e. The minimum Gasteiger partial charge on any atom is -0.464 e. The Morgan fingerprint density at radius 2 is 2.12 bits per heavy atom. The fourth-order valence-electron chi connectivity index (χ4n) is 3.30. The Balaban J connectivity index is 2.13. The Bertz CT molecular complexity index is 1020. The third-order valence-corrected chi connectivity index (χ3v) is 4.90. The standard InChI is InChI=1S/C16H14BrN3O4/c17-9-1-2-11-10(7-9)13-14(20(16(22)23)15(21)19-13)12(18-11)8-3-5-24-6-4-8/h1-2,7-8H,3-6H2,(H,19,21)(H,22,23). The van der Waals surface area contributed by atoms with Gasteiger partial charge < -0.3 is 14.8 Å². The normalized spacial score (nSPS) is 16.0. The van der Waals surface area contributed by atoms with Crippen LogP contribution in [0, 0.1) is 0 Å². The van der Waals surface area contributed by atoms with Crippen molar-refractivity contribution in [2.45, 2.75) is 18.8 Å². The number of nitrogens with one attached hydrogen (secondary N) is 1. The molecule has 0 radical (unpaired) electrons. The minimum atomic E-state index is -1.31. The summed E-state index contributed by atoms with van der Waals surface area (Å²) in [7, 11) is 0. The molecule has 3 heterocycles. The molecule has 1 aliphatic rings. The van der Waals surface area contributed by atoms with E-state index in [4.69, 9.17) is 9.72 Å². The Morgan fingerprint density at radius 3 is 2.83 bits per heavy atom. The summed E-state index contributed by atoms with van der Waals surface area (Å²) in [5.74, 6) is 0.0649. The predicted molar refractivity (Wildman–Crippen MR) is 91.8 cm³/mol. The van der Waals surface area contributed by atoms with Gasteiger partial charge in [-0.2, -0.15) is 4.57 Å². The third-order valence-electron chi connectivity index (χ3n) is 4.41. The predicted octanol–water partition coefficient (Wildman–Crippen LogP) is 3.06. The number of carboxylic acid groups (broad SMARTS) is 1. The number of ether oxygens (including phenoxy) is 1. The van der Waals surface area contributed by atoms with Gasteiger partial charge in [0.25, 0.3) is 0 Å². The molecule has 1 aromatic carbocycles. The Labute approximate surface area is 144 Å². The second-order valence-corrected chi connectivity index (χ2v) is 6.73. The molecule has 2 aromatic heterocycles. The number of hydrogen-bond donors (Lipinski definition) is 2. The van der Waals surface area contributed by atoms with Gasteiger partial charge in [0.1, 0.15) is 5.52 Å². The molecular formula is C16H14BrN3O4. The first-order valence-corrected chi connectivity index (χ1v) is 8.40. The number of nitrogens with zero attached hydrogens (tertiary/aromatic N) is 2. The number of H-pyrrole nitrogens is 1. The zero-order chi connectivity index (χ0) is 16.8. The first kappa shape index (κ1) is 15.3. The summed E-state index contributed by atoms with van der Waals surface area (Å²) >= 11 is 3.41. The first-order valence-electron chi connectivity index (χ1n) is 7.61. The van der Waals surface area contributed by atoms with Gasteiger partial charge >= 0.3 is 11.8 Å². The molecule has 7 nitrogen and oxygen atoms in total. The number of fused-ring (bicyclic) bond motifs is 3. The summed E-state index contributed by atoms with van der Waals surface area (Å²) in [6, 6.07) is 5.57. The van der Waals surface area contributed by atoms with Gasteiger partial charge in [0, 0.05) is 29.0 Å². The Hall–Kier alpha value is -2.19. The van der Waals surface area contributed by atoms with Gasteiger partial charge in [-0.25, -0.2) is 9.59 Å². The van der Waals surface area contributed by atoms with Gasteiger partial charge in [-0.3, -0.25) is 4.98 Å². The molecule has 0 amide bonds. The lowest BCUT2D eigenvalue weighted by Crippen LogP contribution is -2.24. The van der Waals surface area contributed by atoms with Crippen molar-refractivity contribution in [3.63, 3.8) is 0 Å².